The number of carbonyl (C=O) groups is 1. The Hall–Kier alpha value is -2.27. The standard InChI is InChI=1S/C20H16BrFN2O/c21-15-2-1-3-16-14(15)8-9-17(23-16)20(18-10-11-19(25)24-18)12-4-6-13(22)7-5-12/h1-9,18,20H,10-11H2,(H,24,25)/t18-,20+/m1/s1. The molecule has 0 saturated carbocycles. The van der Waals surface area contributed by atoms with Crippen molar-refractivity contribution in [2.24, 2.45) is 0 Å². The van der Waals surface area contributed by atoms with Crippen LogP contribution >= 0.6 is 15.9 Å². The number of rotatable bonds is 3. The smallest absolute Gasteiger partial charge is 0.220 e. The highest BCUT2D eigenvalue weighted by molar-refractivity contribution is 9.10. The first-order chi connectivity index (χ1) is 12.1. The molecule has 1 amide bonds. The lowest BCUT2D eigenvalue weighted by Crippen LogP contribution is -2.32. The van der Waals surface area contributed by atoms with Crippen molar-refractivity contribution < 1.29 is 9.18 Å². The number of amides is 1. The van der Waals surface area contributed by atoms with Crippen molar-refractivity contribution in [3.05, 3.63) is 76.1 Å². The fourth-order valence-corrected chi connectivity index (χ4v) is 3.96. The molecule has 0 aliphatic carbocycles. The molecule has 1 N–H and O–H groups in total. The monoisotopic (exact) mass is 398 g/mol. The molecular formula is C20H16BrFN2O. The van der Waals surface area contributed by atoms with Crippen molar-refractivity contribution >= 4 is 32.7 Å². The molecule has 1 aliphatic heterocycles. The minimum absolute atomic E-state index is 0.0323. The Kier molecular flexibility index (Phi) is 4.25. The number of carbonyl (C=O) groups excluding carboxylic acids is 1. The van der Waals surface area contributed by atoms with Crippen LogP contribution in [0, 0.1) is 5.82 Å². The van der Waals surface area contributed by atoms with E-state index < -0.39 is 0 Å². The maximum Gasteiger partial charge on any atom is 0.220 e. The van der Waals surface area contributed by atoms with Gasteiger partial charge in [0.05, 0.1) is 11.2 Å². The summed E-state index contributed by atoms with van der Waals surface area (Å²) in [6.07, 6.45) is 1.26. The Morgan fingerprint density at radius 1 is 1.12 bits per heavy atom. The second kappa shape index (κ2) is 6.56. The number of nitrogens with zero attached hydrogens (tertiary/aromatic N) is 1. The molecule has 3 nitrogen and oxygen atoms in total. The Balaban J connectivity index is 1.82. The zero-order chi connectivity index (χ0) is 17.4. The molecule has 126 valence electrons. The van der Waals surface area contributed by atoms with Crippen LogP contribution in [0.5, 0.6) is 0 Å². The van der Waals surface area contributed by atoms with Gasteiger partial charge in [-0.25, -0.2) is 4.39 Å². The van der Waals surface area contributed by atoms with Gasteiger partial charge in [-0.2, -0.15) is 0 Å². The molecule has 0 bridgehead atoms. The SMILES string of the molecule is O=C1CC[C@H]([C@@H](c2ccc(F)cc2)c2ccc3c(Br)cccc3n2)N1. The summed E-state index contributed by atoms with van der Waals surface area (Å²) in [6, 6.07) is 16.4. The van der Waals surface area contributed by atoms with Crippen molar-refractivity contribution in [1.82, 2.24) is 10.3 Å². The van der Waals surface area contributed by atoms with E-state index in [9.17, 15) is 9.18 Å². The van der Waals surface area contributed by atoms with Gasteiger partial charge in [-0.3, -0.25) is 9.78 Å². The number of aromatic nitrogens is 1. The lowest BCUT2D eigenvalue weighted by Gasteiger charge is -2.24. The van der Waals surface area contributed by atoms with Crippen LogP contribution in [0.1, 0.15) is 30.0 Å². The molecule has 3 aromatic rings. The van der Waals surface area contributed by atoms with Crippen molar-refractivity contribution in [2.45, 2.75) is 24.8 Å². The summed E-state index contributed by atoms with van der Waals surface area (Å²) >= 11 is 3.55. The predicted molar refractivity (Wildman–Crippen MR) is 98.9 cm³/mol. The van der Waals surface area contributed by atoms with Crippen LogP contribution in [0.25, 0.3) is 10.9 Å². The third-order valence-corrected chi connectivity index (χ3v) is 5.37. The Bertz CT molecular complexity index is 942. The molecule has 1 aliphatic rings. The molecule has 1 aromatic heterocycles. The van der Waals surface area contributed by atoms with Gasteiger partial charge in [0.25, 0.3) is 0 Å². The van der Waals surface area contributed by atoms with Gasteiger partial charge in [0.2, 0.25) is 5.91 Å². The zero-order valence-electron chi connectivity index (χ0n) is 13.4. The number of hydrogen-bond acceptors (Lipinski definition) is 2. The molecule has 5 heteroatoms. The van der Waals surface area contributed by atoms with Gasteiger partial charge in [-0.05, 0) is 48.4 Å². The highest BCUT2D eigenvalue weighted by Gasteiger charge is 2.32. The third-order valence-electron chi connectivity index (χ3n) is 4.68. The fraction of sp³-hybridized carbons (Fsp3) is 0.200. The average molecular weight is 399 g/mol. The van der Waals surface area contributed by atoms with E-state index in [0.717, 1.165) is 33.1 Å². The summed E-state index contributed by atoms with van der Waals surface area (Å²) < 4.78 is 14.4. The number of fused-ring (bicyclic) bond motifs is 1. The largest absolute Gasteiger partial charge is 0.352 e. The molecule has 25 heavy (non-hydrogen) atoms. The first-order valence-corrected chi connectivity index (χ1v) is 9.01. The van der Waals surface area contributed by atoms with E-state index in [-0.39, 0.29) is 23.7 Å². The van der Waals surface area contributed by atoms with Gasteiger partial charge in [0.1, 0.15) is 5.82 Å². The number of benzene rings is 2. The van der Waals surface area contributed by atoms with E-state index in [0.29, 0.717) is 6.42 Å². The number of nitrogens with one attached hydrogen (secondary N) is 1. The van der Waals surface area contributed by atoms with Crippen molar-refractivity contribution in [3.63, 3.8) is 0 Å². The molecule has 2 heterocycles. The van der Waals surface area contributed by atoms with E-state index in [2.05, 4.69) is 21.2 Å². The van der Waals surface area contributed by atoms with Crippen LogP contribution in [-0.2, 0) is 4.79 Å². The van der Waals surface area contributed by atoms with Crippen molar-refractivity contribution in [2.75, 3.05) is 0 Å². The minimum Gasteiger partial charge on any atom is -0.352 e. The number of pyridine rings is 1. The second-order valence-corrected chi connectivity index (χ2v) is 7.14. The van der Waals surface area contributed by atoms with Crippen LogP contribution < -0.4 is 5.32 Å². The van der Waals surface area contributed by atoms with Gasteiger partial charge in [-0.15, -0.1) is 0 Å². The lowest BCUT2D eigenvalue weighted by molar-refractivity contribution is -0.119. The van der Waals surface area contributed by atoms with E-state index >= 15 is 0 Å². The predicted octanol–water partition coefficient (Wildman–Crippen LogP) is 4.55. The summed E-state index contributed by atoms with van der Waals surface area (Å²) in [7, 11) is 0. The van der Waals surface area contributed by atoms with E-state index in [1.807, 2.05) is 30.3 Å². The summed E-state index contributed by atoms with van der Waals surface area (Å²) in [5.74, 6) is -0.315. The number of hydrogen-bond donors (Lipinski definition) is 1. The van der Waals surface area contributed by atoms with Gasteiger partial charge in [0, 0.05) is 28.2 Å². The lowest BCUT2D eigenvalue weighted by atomic mass is 9.87. The second-order valence-electron chi connectivity index (χ2n) is 6.28. The molecule has 2 aromatic carbocycles. The Morgan fingerprint density at radius 2 is 1.92 bits per heavy atom. The quantitative estimate of drug-likeness (QED) is 0.703. The molecule has 1 saturated heterocycles. The van der Waals surface area contributed by atoms with Gasteiger partial charge in [-0.1, -0.05) is 34.1 Å². The van der Waals surface area contributed by atoms with Crippen molar-refractivity contribution in [3.8, 4) is 0 Å². The average Bonchev–Trinajstić information content (AvgIpc) is 3.03. The van der Waals surface area contributed by atoms with Gasteiger partial charge < -0.3 is 5.32 Å². The van der Waals surface area contributed by atoms with Crippen LogP contribution in [-0.4, -0.2) is 16.9 Å². The summed E-state index contributed by atoms with van der Waals surface area (Å²) in [5.41, 5.74) is 2.73. The summed E-state index contributed by atoms with van der Waals surface area (Å²) in [5, 5.41) is 4.08. The van der Waals surface area contributed by atoms with E-state index in [1.54, 1.807) is 12.1 Å². The minimum atomic E-state index is -0.270. The highest BCUT2D eigenvalue weighted by atomic mass is 79.9. The Morgan fingerprint density at radius 3 is 2.64 bits per heavy atom. The van der Waals surface area contributed by atoms with Crippen LogP contribution in [0.4, 0.5) is 4.39 Å². The maximum atomic E-state index is 13.4. The highest BCUT2D eigenvalue weighted by Crippen LogP contribution is 2.33. The van der Waals surface area contributed by atoms with Gasteiger partial charge in [0.15, 0.2) is 0 Å². The van der Waals surface area contributed by atoms with Crippen LogP contribution in [0.3, 0.4) is 0 Å². The molecule has 2 atom stereocenters. The van der Waals surface area contributed by atoms with E-state index in [1.165, 1.54) is 12.1 Å². The molecule has 4 rings (SSSR count). The topological polar surface area (TPSA) is 42.0 Å². The summed E-state index contributed by atoms with van der Waals surface area (Å²) in [6.45, 7) is 0. The summed E-state index contributed by atoms with van der Waals surface area (Å²) in [4.78, 5) is 16.6. The van der Waals surface area contributed by atoms with E-state index in [4.69, 9.17) is 4.98 Å². The molecule has 1 fully saturated rings. The first-order valence-electron chi connectivity index (χ1n) is 8.22. The van der Waals surface area contributed by atoms with Gasteiger partial charge >= 0.3 is 0 Å². The molecule has 0 spiro atoms. The number of halogens is 2. The maximum absolute atomic E-state index is 13.4. The molecule has 0 unspecified atom stereocenters. The van der Waals surface area contributed by atoms with Crippen LogP contribution in [0.15, 0.2) is 59.1 Å². The fourth-order valence-electron chi connectivity index (χ4n) is 3.47. The Labute approximate surface area is 153 Å². The molecular weight excluding hydrogens is 383 g/mol. The normalized spacial score (nSPS) is 18.3. The van der Waals surface area contributed by atoms with Crippen molar-refractivity contribution in [1.29, 1.82) is 0 Å². The third kappa shape index (κ3) is 3.16. The molecule has 0 radical (unpaired) electrons. The van der Waals surface area contributed by atoms with Crippen LogP contribution in [0.2, 0.25) is 0 Å². The zero-order valence-corrected chi connectivity index (χ0v) is 15.0. The first kappa shape index (κ1) is 16.2.